The van der Waals surface area contributed by atoms with Crippen molar-refractivity contribution < 1.29 is 29.3 Å². The highest BCUT2D eigenvalue weighted by molar-refractivity contribution is 6.30. The molecular weight excluding hydrogens is 484 g/mol. The molecule has 8 nitrogen and oxygen atoms in total. The van der Waals surface area contributed by atoms with Gasteiger partial charge in [0.05, 0.1) is 24.2 Å². The molecule has 3 aliphatic heterocycles. The average Bonchev–Trinajstić information content (AvgIpc) is 3.33. The summed E-state index contributed by atoms with van der Waals surface area (Å²) in [6.45, 7) is 11.2. The third-order valence-electron chi connectivity index (χ3n) is 8.32. The molecule has 3 fully saturated rings. The summed E-state index contributed by atoms with van der Waals surface area (Å²) >= 11 is 6.07. The summed E-state index contributed by atoms with van der Waals surface area (Å²) in [4.78, 5) is 43.9. The number of benzene rings is 1. The highest BCUT2D eigenvalue weighted by Gasteiger charge is 2.80. The van der Waals surface area contributed by atoms with E-state index in [9.17, 15) is 24.6 Å². The predicted molar refractivity (Wildman–Crippen MR) is 136 cm³/mol. The lowest BCUT2D eigenvalue weighted by Gasteiger charge is -2.40. The molecule has 3 saturated heterocycles. The maximum atomic E-state index is 14.4. The molecule has 2 bridgehead atoms. The lowest BCUT2D eigenvalue weighted by Crippen LogP contribution is -2.59. The summed E-state index contributed by atoms with van der Waals surface area (Å²) in [5.41, 5.74) is -1.81. The number of rotatable bonds is 9. The molecule has 1 aromatic carbocycles. The molecule has 0 radical (unpaired) electrons. The van der Waals surface area contributed by atoms with Crippen molar-refractivity contribution in [3.8, 4) is 0 Å². The largest absolute Gasteiger partial charge is 0.481 e. The topological polar surface area (TPSA) is 107 Å². The Morgan fingerprint density at radius 3 is 2.50 bits per heavy atom. The van der Waals surface area contributed by atoms with E-state index in [0.29, 0.717) is 23.6 Å². The number of halogens is 1. The van der Waals surface area contributed by atoms with Crippen LogP contribution in [0.25, 0.3) is 0 Å². The van der Waals surface area contributed by atoms with Crippen LogP contribution in [0, 0.1) is 23.7 Å². The first-order chi connectivity index (χ1) is 16.9. The highest BCUT2D eigenvalue weighted by atomic mass is 35.5. The zero-order valence-corrected chi connectivity index (χ0v) is 21.9. The smallest absolute Gasteiger partial charge is 0.310 e. The molecule has 7 atom stereocenters. The van der Waals surface area contributed by atoms with Crippen molar-refractivity contribution in [3.05, 3.63) is 41.9 Å². The molecule has 2 amide bonds. The first-order valence-corrected chi connectivity index (χ1v) is 12.8. The number of hydrogen-bond donors (Lipinski definition) is 2. The van der Waals surface area contributed by atoms with Gasteiger partial charge >= 0.3 is 5.97 Å². The van der Waals surface area contributed by atoms with Gasteiger partial charge in [-0.2, -0.15) is 0 Å². The Balaban J connectivity index is 1.88. The van der Waals surface area contributed by atoms with Crippen LogP contribution in [0.5, 0.6) is 0 Å². The van der Waals surface area contributed by atoms with Gasteiger partial charge in [0.25, 0.3) is 5.91 Å². The molecule has 3 aliphatic rings. The maximum absolute atomic E-state index is 14.4. The number of amides is 2. The fraction of sp³-hybridized carbons (Fsp3) is 0.593. The Bertz CT molecular complexity index is 1060. The van der Waals surface area contributed by atoms with E-state index < -0.39 is 52.9 Å². The monoisotopic (exact) mass is 518 g/mol. The minimum absolute atomic E-state index is 0.133. The first-order valence-electron chi connectivity index (χ1n) is 12.5. The van der Waals surface area contributed by atoms with E-state index in [1.807, 2.05) is 20.8 Å². The van der Waals surface area contributed by atoms with E-state index in [4.69, 9.17) is 16.3 Å². The summed E-state index contributed by atoms with van der Waals surface area (Å²) in [5.74, 6) is -4.09. The molecule has 4 rings (SSSR count). The Hall–Kier alpha value is -2.42. The number of ether oxygens (including phenoxy) is 1. The fourth-order valence-electron chi connectivity index (χ4n) is 6.77. The van der Waals surface area contributed by atoms with Gasteiger partial charge in [0.2, 0.25) is 5.91 Å². The van der Waals surface area contributed by atoms with Crippen molar-refractivity contribution in [3.63, 3.8) is 0 Å². The van der Waals surface area contributed by atoms with Gasteiger partial charge in [-0.25, -0.2) is 0 Å². The third-order valence-corrected chi connectivity index (χ3v) is 8.57. The summed E-state index contributed by atoms with van der Waals surface area (Å²) < 4.78 is 6.56. The number of hydrogen-bond acceptors (Lipinski definition) is 5. The average molecular weight is 519 g/mol. The van der Waals surface area contributed by atoms with Crippen LogP contribution < -0.4 is 4.90 Å². The van der Waals surface area contributed by atoms with Gasteiger partial charge in [0.15, 0.2) is 0 Å². The Kier molecular flexibility index (Phi) is 7.01. The van der Waals surface area contributed by atoms with E-state index >= 15 is 0 Å². The number of fused-ring (bicyclic) bond motifs is 1. The molecule has 0 saturated carbocycles. The second kappa shape index (κ2) is 9.47. The van der Waals surface area contributed by atoms with E-state index in [2.05, 4.69) is 6.58 Å². The van der Waals surface area contributed by atoms with E-state index in [1.54, 1.807) is 37.3 Å². The van der Waals surface area contributed by atoms with Crippen molar-refractivity contribution in [2.24, 2.45) is 23.7 Å². The lowest BCUT2D eigenvalue weighted by atomic mass is 9.62. The Morgan fingerprint density at radius 1 is 1.33 bits per heavy atom. The van der Waals surface area contributed by atoms with Crippen molar-refractivity contribution >= 4 is 35.1 Å². The molecule has 2 N–H and O–H groups in total. The van der Waals surface area contributed by atoms with E-state index in [1.165, 1.54) is 9.80 Å². The summed E-state index contributed by atoms with van der Waals surface area (Å²) in [6, 6.07) is 5.05. The summed E-state index contributed by atoms with van der Waals surface area (Å²) in [6.07, 6.45) is 2.43. The van der Waals surface area contributed by atoms with Gasteiger partial charge < -0.3 is 24.7 Å². The van der Waals surface area contributed by atoms with Crippen LogP contribution in [0.3, 0.4) is 0 Å². The van der Waals surface area contributed by atoms with Crippen LogP contribution in [-0.2, 0) is 19.1 Å². The number of anilines is 1. The predicted octanol–water partition coefficient (Wildman–Crippen LogP) is 3.36. The van der Waals surface area contributed by atoms with Gasteiger partial charge in [0.1, 0.15) is 17.6 Å². The van der Waals surface area contributed by atoms with Crippen molar-refractivity contribution in [2.75, 3.05) is 18.1 Å². The molecule has 1 spiro atoms. The molecule has 1 aromatic rings. The van der Waals surface area contributed by atoms with Gasteiger partial charge in [-0.05, 0) is 55.9 Å². The Morgan fingerprint density at radius 2 is 1.97 bits per heavy atom. The minimum atomic E-state index is -1.30. The molecule has 0 aliphatic carbocycles. The Labute approximate surface area is 216 Å². The summed E-state index contributed by atoms with van der Waals surface area (Å²) in [7, 11) is 0. The molecule has 3 heterocycles. The van der Waals surface area contributed by atoms with Crippen molar-refractivity contribution in [1.29, 1.82) is 0 Å². The maximum Gasteiger partial charge on any atom is 0.310 e. The number of carboxylic acid groups (broad SMARTS) is 1. The number of likely N-dealkylation sites (tertiary alicyclic amines) is 1. The third kappa shape index (κ3) is 3.85. The van der Waals surface area contributed by atoms with Crippen LogP contribution in [0.1, 0.15) is 40.5 Å². The van der Waals surface area contributed by atoms with Crippen molar-refractivity contribution in [2.45, 2.75) is 63.8 Å². The normalized spacial score (nSPS) is 33.6. The first kappa shape index (κ1) is 26.6. The number of aliphatic hydroxyl groups is 1. The second-order valence-corrected chi connectivity index (χ2v) is 11.4. The number of aliphatic hydroxyl groups excluding tert-OH is 1. The molecule has 9 heteroatoms. The van der Waals surface area contributed by atoms with Crippen LogP contribution in [-0.4, -0.2) is 69.3 Å². The fourth-order valence-corrected chi connectivity index (χ4v) is 6.89. The van der Waals surface area contributed by atoms with Crippen LogP contribution in [0.2, 0.25) is 5.02 Å². The van der Waals surface area contributed by atoms with Gasteiger partial charge in [-0.15, -0.1) is 6.58 Å². The molecule has 196 valence electrons. The van der Waals surface area contributed by atoms with Gasteiger partial charge in [-0.1, -0.05) is 38.4 Å². The number of carboxylic acids is 1. The van der Waals surface area contributed by atoms with Crippen molar-refractivity contribution in [1.82, 2.24) is 4.90 Å². The lowest BCUT2D eigenvalue weighted by molar-refractivity contribution is -0.157. The molecule has 3 unspecified atom stereocenters. The molecular formula is C27H35ClN2O6. The zero-order valence-electron chi connectivity index (χ0n) is 21.2. The van der Waals surface area contributed by atoms with Crippen LogP contribution >= 0.6 is 11.6 Å². The number of carbonyl (C=O) groups excluding carboxylic acids is 2. The SMILES string of the molecule is C=CCN(C(=O)C1N([C@@H](CO)CC(C)C)C(=O)[C@@H]2[C@H](C(=O)O)[C@@]3(C)OC12CC3C)c1ccc(Cl)cc1. The highest BCUT2D eigenvalue weighted by Crippen LogP contribution is 2.65. The summed E-state index contributed by atoms with van der Waals surface area (Å²) in [5, 5.41) is 21.1. The second-order valence-electron chi connectivity index (χ2n) is 11.0. The standard InChI is InChI=1S/C27H35ClN2O6/c1-6-11-29(18-9-7-17(28)8-10-18)24(33)22-27-13-16(4)26(5,36-27)21(25(34)35)20(27)23(32)30(22)19(14-31)12-15(2)3/h6-10,15-16,19-22,31H,1,11-14H2,2-5H3,(H,34,35)/t16?,19-,20+,21-,22?,26+,27?/m1/s1. The number of nitrogens with zero attached hydrogens (tertiary/aromatic N) is 2. The van der Waals surface area contributed by atoms with E-state index in [0.717, 1.165) is 0 Å². The van der Waals surface area contributed by atoms with Crippen LogP contribution in [0.4, 0.5) is 5.69 Å². The van der Waals surface area contributed by atoms with Gasteiger partial charge in [-0.3, -0.25) is 14.4 Å². The minimum Gasteiger partial charge on any atom is -0.481 e. The number of carbonyl (C=O) groups is 3. The quantitative estimate of drug-likeness (QED) is 0.485. The zero-order chi connectivity index (χ0) is 26.6. The number of aliphatic carboxylic acids is 1. The van der Waals surface area contributed by atoms with Gasteiger partial charge in [0, 0.05) is 17.3 Å². The van der Waals surface area contributed by atoms with Crippen LogP contribution in [0.15, 0.2) is 36.9 Å². The molecule has 0 aromatic heterocycles. The van der Waals surface area contributed by atoms with E-state index in [-0.39, 0.29) is 25.0 Å². The molecule has 36 heavy (non-hydrogen) atoms.